The van der Waals surface area contributed by atoms with Crippen molar-refractivity contribution in [3.05, 3.63) is 62.7 Å². The number of benzene rings is 2. The SMILES string of the molecule is Cc1ccccc1C(=O)Nc1cc(N2CCCC[C@@H]2C)c([N+](=O)[O-])cc1Cl. The topological polar surface area (TPSA) is 75.5 Å². The van der Waals surface area contributed by atoms with E-state index in [4.69, 9.17) is 11.6 Å². The maximum Gasteiger partial charge on any atom is 0.294 e. The van der Waals surface area contributed by atoms with Gasteiger partial charge in [-0.3, -0.25) is 14.9 Å². The van der Waals surface area contributed by atoms with Crippen molar-refractivity contribution in [3.63, 3.8) is 0 Å². The Morgan fingerprint density at radius 3 is 2.70 bits per heavy atom. The largest absolute Gasteiger partial charge is 0.363 e. The molecule has 0 saturated carbocycles. The van der Waals surface area contributed by atoms with Gasteiger partial charge in [0.15, 0.2) is 0 Å². The number of carbonyl (C=O) groups excluding carboxylic acids is 1. The lowest BCUT2D eigenvalue weighted by molar-refractivity contribution is -0.384. The first-order valence-electron chi connectivity index (χ1n) is 9.00. The number of nitrogens with one attached hydrogen (secondary N) is 1. The van der Waals surface area contributed by atoms with E-state index < -0.39 is 4.92 Å². The van der Waals surface area contributed by atoms with Crippen molar-refractivity contribution in [2.75, 3.05) is 16.8 Å². The lowest BCUT2D eigenvalue weighted by atomic mass is 10.0. The minimum absolute atomic E-state index is 0.0392. The summed E-state index contributed by atoms with van der Waals surface area (Å²) in [5, 5.41) is 14.5. The van der Waals surface area contributed by atoms with Crippen molar-refractivity contribution in [3.8, 4) is 0 Å². The number of rotatable bonds is 4. The van der Waals surface area contributed by atoms with Crippen LogP contribution in [0.5, 0.6) is 0 Å². The molecular weight excluding hydrogens is 366 g/mol. The predicted octanol–water partition coefficient (Wildman–Crippen LogP) is 5.19. The van der Waals surface area contributed by atoms with Crippen molar-refractivity contribution in [2.24, 2.45) is 0 Å². The third-order valence-corrected chi connectivity index (χ3v) is 5.32. The van der Waals surface area contributed by atoms with E-state index in [1.807, 2.05) is 24.0 Å². The molecule has 1 aliphatic rings. The highest BCUT2D eigenvalue weighted by Crippen LogP contribution is 2.39. The number of nitro groups is 1. The molecule has 1 aliphatic heterocycles. The van der Waals surface area contributed by atoms with Crippen LogP contribution in [0.15, 0.2) is 36.4 Å². The monoisotopic (exact) mass is 387 g/mol. The van der Waals surface area contributed by atoms with Gasteiger partial charge in [0.1, 0.15) is 5.69 Å². The zero-order chi connectivity index (χ0) is 19.6. The fraction of sp³-hybridized carbons (Fsp3) is 0.350. The number of amides is 1. The summed E-state index contributed by atoms with van der Waals surface area (Å²) in [6.45, 7) is 4.66. The molecule has 0 radical (unpaired) electrons. The van der Waals surface area contributed by atoms with Gasteiger partial charge >= 0.3 is 0 Å². The molecule has 1 N–H and O–H groups in total. The molecule has 1 amide bonds. The van der Waals surface area contributed by atoms with Crippen molar-refractivity contribution >= 4 is 34.6 Å². The first-order valence-corrected chi connectivity index (χ1v) is 9.38. The second kappa shape index (κ2) is 7.96. The lowest BCUT2D eigenvalue weighted by Crippen LogP contribution is -2.37. The second-order valence-corrected chi connectivity index (χ2v) is 7.29. The summed E-state index contributed by atoms with van der Waals surface area (Å²) in [6.07, 6.45) is 3.07. The molecule has 2 aromatic carbocycles. The fourth-order valence-corrected chi connectivity index (χ4v) is 3.70. The maximum absolute atomic E-state index is 12.6. The molecule has 0 unspecified atom stereocenters. The maximum atomic E-state index is 12.6. The number of nitro benzene ring substituents is 1. The lowest BCUT2D eigenvalue weighted by Gasteiger charge is -2.35. The number of piperidine rings is 1. The van der Waals surface area contributed by atoms with Crippen LogP contribution < -0.4 is 10.2 Å². The average Bonchev–Trinajstić information content (AvgIpc) is 2.63. The fourth-order valence-electron chi connectivity index (χ4n) is 3.50. The molecule has 27 heavy (non-hydrogen) atoms. The smallest absolute Gasteiger partial charge is 0.294 e. The quantitative estimate of drug-likeness (QED) is 0.578. The van der Waals surface area contributed by atoms with Crippen LogP contribution >= 0.6 is 11.6 Å². The molecular formula is C20H22ClN3O3. The third-order valence-electron chi connectivity index (χ3n) is 5.01. The van der Waals surface area contributed by atoms with Crippen LogP contribution in [0, 0.1) is 17.0 Å². The van der Waals surface area contributed by atoms with Crippen LogP contribution in [-0.2, 0) is 0 Å². The van der Waals surface area contributed by atoms with Gasteiger partial charge in [-0.2, -0.15) is 0 Å². The Labute approximate surface area is 163 Å². The number of halogens is 1. The molecule has 6 nitrogen and oxygen atoms in total. The summed E-state index contributed by atoms with van der Waals surface area (Å²) in [7, 11) is 0. The van der Waals surface area contributed by atoms with Crippen molar-refractivity contribution in [2.45, 2.75) is 39.2 Å². The van der Waals surface area contributed by atoms with Gasteiger partial charge in [0, 0.05) is 24.2 Å². The summed E-state index contributed by atoms with van der Waals surface area (Å²) in [5.74, 6) is -0.290. The second-order valence-electron chi connectivity index (χ2n) is 6.89. The summed E-state index contributed by atoms with van der Waals surface area (Å²) < 4.78 is 0. The van der Waals surface area contributed by atoms with Gasteiger partial charge in [-0.05, 0) is 50.8 Å². The predicted molar refractivity (Wildman–Crippen MR) is 108 cm³/mol. The Kier molecular flexibility index (Phi) is 5.65. The van der Waals surface area contributed by atoms with Gasteiger partial charge in [-0.15, -0.1) is 0 Å². The normalized spacial score (nSPS) is 16.9. The summed E-state index contributed by atoms with van der Waals surface area (Å²) in [6, 6.07) is 10.4. The van der Waals surface area contributed by atoms with Gasteiger partial charge < -0.3 is 10.2 Å². The first-order chi connectivity index (χ1) is 12.9. The van der Waals surface area contributed by atoms with Crippen LogP contribution in [-0.4, -0.2) is 23.4 Å². The molecule has 1 atom stereocenters. The Bertz CT molecular complexity index is 885. The Morgan fingerprint density at radius 2 is 2.04 bits per heavy atom. The van der Waals surface area contributed by atoms with Crippen LogP contribution in [0.25, 0.3) is 0 Å². The molecule has 0 aliphatic carbocycles. The molecule has 1 saturated heterocycles. The van der Waals surface area contributed by atoms with E-state index in [1.165, 1.54) is 6.07 Å². The minimum Gasteiger partial charge on any atom is -0.363 e. The molecule has 0 bridgehead atoms. The number of aryl methyl sites for hydroxylation is 1. The number of nitrogens with zero attached hydrogens (tertiary/aromatic N) is 2. The van der Waals surface area contributed by atoms with Gasteiger partial charge in [0.25, 0.3) is 11.6 Å². The number of hydrogen-bond acceptors (Lipinski definition) is 4. The first kappa shape index (κ1) is 19.2. The van der Waals surface area contributed by atoms with Gasteiger partial charge in [-0.25, -0.2) is 0 Å². The Balaban J connectivity index is 1.98. The van der Waals surface area contributed by atoms with E-state index in [9.17, 15) is 14.9 Å². The van der Waals surface area contributed by atoms with Gasteiger partial charge in [0.2, 0.25) is 0 Å². The van der Waals surface area contributed by atoms with Gasteiger partial charge in [-0.1, -0.05) is 29.8 Å². The molecule has 0 spiro atoms. The number of carbonyl (C=O) groups is 1. The summed E-state index contributed by atoms with van der Waals surface area (Å²) in [4.78, 5) is 25.8. The Hall–Kier alpha value is -2.60. The molecule has 2 aromatic rings. The molecule has 1 heterocycles. The molecule has 1 fully saturated rings. The minimum atomic E-state index is -0.421. The van der Waals surface area contributed by atoms with E-state index in [0.29, 0.717) is 16.9 Å². The van der Waals surface area contributed by atoms with Crippen molar-refractivity contribution in [1.29, 1.82) is 0 Å². The van der Waals surface area contributed by atoms with E-state index in [0.717, 1.165) is 31.4 Å². The van der Waals surface area contributed by atoms with E-state index in [2.05, 4.69) is 12.2 Å². The van der Waals surface area contributed by atoms with Crippen molar-refractivity contribution < 1.29 is 9.72 Å². The van der Waals surface area contributed by atoms with E-state index in [1.54, 1.807) is 18.2 Å². The standard InChI is InChI=1S/C20H22ClN3O3/c1-13-7-3-4-9-15(13)20(25)22-17-12-18(19(24(26)27)11-16(17)21)23-10-6-5-8-14(23)2/h3-4,7,9,11-12,14H,5-6,8,10H2,1-2H3,(H,22,25)/t14-/m0/s1. The van der Waals surface area contributed by atoms with E-state index in [-0.39, 0.29) is 22.7 Å². The average molecular weight is 388 g/mol. The highest BCUT2D eigenvalue weighted by molar-refractivity contribution is 6.34. The van der Waals surface area contributed by atoms with E-state index >= 15 is 0 Å². The number of hydrogen-bond donors (Lipinski definition) is 1. The zero-order valence-corrected chi connectivity index (χ0v) is 16.1. The van der Waals surface area contributed by atoms with Crippen LogP contribution in [0.1, 0.15) is 42.1 Å². The van der Waals surface area contributed by atoms with Crippen LogP contribution in [0.2, 0.25) is 5.02 Å². The highest BCUT2D eigenvalue weighted by Gasteiger charge is 2.27. The Morgan fingerprint density at radius 1 is 1.30 bits per heavy atom. The van der Waals surface area contributed by atoms with Gasteiger partial charge in [0.05, 0.1) is 15.6 Å². The summed E-state index contributed by atoms with van der Waals surface area (Å²) in [5.41, 5.74) is 2.22. The van der Waals surface area contributed by atoms with Crippen molar-refractivity contribution in [1.82, 2.24) is 0 Å². The van der Waals surface area contributed by atoms with Crippen LogP contribution in [0.4, 0.5) is 17.1 Å². The molecule has 3 rings (SSSR count). The zero-order valence-electron chi connectivity index (χ0n) is 15.4. The molecule has 0 aromatic heterocycles. The molecule has 142 valence electrons. The molecule has 7 heteroatoms. The number of anilines is 2. The van der Waals surface area contributed by atoms with Crippen LogP contribution in [0.3, 0.4) is 0 Å². The third kappa shape index (κ3) is 4.06. The summed E-state index contributed by atoms with van der Waals surface area (Å²) >= 11 is 6.25. The highest BCUT2D eigenvalue weighted by atomic mass is 35.5.